The average molecular weight is 275 g/mol. The first-order chi connectivity index (χ1) is 9.38. The molecule has 1 N–H and O–H groups in total. The van der Waals surface area contributed by atoms with Crippen LogP contribution in [0.5, 0.6) is 0 Å². The molecule has 1 aromatic carbocycles. The van der Waals surface area contributed by atoms with Gasteiger partial charge in [0.05, 0.1) is 6.10 Å². The maximum atomic E-state index is 5.80. The van der Waals surface area contributed by atoms with Crippen molar-refractivity contribution >= 4 is 0 Å². The van der Waals surface area contributed by atoms with Gasteiger partial charge in [-0.05, 0) is 18.9 Å². The fraction of sp³-hybridized carbons (Fsp3) is 0.667. The molecule has 0 radical (unpaired) electrons. The lowest BCUT2D eigenvalue weighted by molar-refractivity contribution is -0.114. The zero-order chi connectivity index (χ0) is 14.8. The largest absolute Gasteiger partial charge is 0.378 e. The van der Waals surface area contributed by atoms with Gasteiger partial charge in [-0.3, -0.25) is 0 Å². The summed E-state index contributed by atoms with van der Waals surface area (Å²) < 4.78 is 5.80. The van der Waals surface area contributed by atoms with E-state index in [0.717, 1.165) is 19.6 Å². The van der Waals surface area contributed by atoms with Crippen LogP contribution >= 0.6 is 0 Å². The third-order valence-corrected chi connectivity index (χ3v) is 4.89. The van der Waals surface area contributed by atoms with Crippen molar-refractivity contribution in [1.82, 2.24) is 5.32 Å². The van der Waals surface area contributed by atoms with E-state index in [1.807, 2.05) is 0 Å². The minimum absolute atomic E-state index is 0.161. The van der Waals surface area contributed by atoms with Crippen LogP contribution in [0.15, 0.2) is 30.3 Å². The number of hydrogen-bond donors (Lipinski definition) is 1. The highest BCUT2D eigenvalue weighted by Gasteiger charge is 2.48. The summed E-state index contributed by atoms with van der Waals surface area (Å²) in [5.74, 6) is 0. The first-order valence-electron chi connectivity index (χ1n) is 7.78. The van der Waals surface area contributed by atoms with Crippen molar-refractivity contribution in [3.63, 3.8) is 0 Å². The van der Waals surface area contributed by atoms with Gasteiger partial charge in [0.2, 0.25) is 0 Å². The van der Waals surface area contributed by atoms with Crippen molar-refractivity contribution in [2.75, 3.05) is 13.2 Å². The SMILES string of the molecule is CCOC1CC(NCC(C)(C)c2ccccc2)C1(C)C. The number of ether oxygens (including phenoxy) is 1. The van der Waals surface area contributed by atoms with Gasteiger partial charge in [0.15, 0.2) is 0 Å². The summed E-state index contributed by atoms with van der Waals surface area (Å²) in [6, 6.07) is 11.3. The number of rotatable bonds is 6. The molecule has 0 heterocycles. The zero-order valence-electron chi connectivity index (χ0n) is 13.6. The van der Waals surface area contributed by atoms with Crippen molar-refractivity contribution < 1.29 is 4.74 Å². The molecule has 20 heavy (non-hydrogen) atoms. The van der Waals surface area contributed by atoms with Gasteiger partial charge >= 0.3 is 0 Å². The molecule has 1 saturated carbocycles. The van der Waals surface area contributed by atoms with E-state index in [1.54, 1.807) is 0 Å². The van der Waals surface area contributed by atoms with Crippen molar-refractivity contribution in [3.05, 3.63) is 35.9 Å². The van der Waals surface area contributed by atoms with Gasteiger partial charge < -0.3 is 10.1 Å². The molecule has 0 amide bonds. The van der Waals surface area contributed by atoms with Crippen LogP contribution in [0.1, 0.15) is 46.6 Å². The summed E-state index contributed by atoms with van der Waals surface area (Å²) >= 11 is 0. The predicted octanol–water partition coefficient (Wildman–Crippen LogP) is 3.76. The smallest absolute Gasteiger partial charge is 0.0655 e. The highest BCUT2D eigenvalue weighted by atomic mass is 16.5. The first-order valence-corrected chi connectivity index (χ1v) is 7.78. The first kappa shape index (κ1) is 15.5. The second kappa shape index (κ2) is 5.87. The predicted molar refractivity (Wildman–Crippen MR) is 85.1 cm³/mol. The normalized spacial score (nSPS) is 25.2. The van der Waals surface area contributed by atoms with Crippen LogP contribution < -0.4 is 5.32 Å². The second-order valence-corrected chi connectivity index (χ2v) is 7.18. The van der Waals surface area contributed by atoms with E-state index in [4.69, 9.17) is 4.74 Å². The Morgan fingerprint density at radius 2 is 1.90 bits per heavy atom. The summed E-state index contributed by atoms with van der Waals surface area (Å²) in [5.41, 5.74) is 1.79. The molecule has 2 atom stereocenters. The van der Waals surface area contributed by atoms with Crippen molar-refractivity contribution in [3.8, 4) is 0 Å². The minimum Gasteiger partial charge on any atom is -0.378 e. The minimum atomic E-state index is 0.161. The Kier molecular flexibility index (Phi) is 4.55. The van der Waals surface area contributed by atoms with E-state index in [2.05, 4.69) is 70.3 Å². The maximum absolute atomic E-state index is 5.80. The highest BCUT2D eigenvalue weighted by molar-refractivity contribution is 5.24. The monoisotopic (exact) mass is 275 g/mol. The quantitative estimate of drug-likeness (QED) is 0.853. The van der Waals surface area contributed by atoms with Crippen LogP contribution in [0.2, 0.25) is 0 Å². The van der Waals surface area contributed by atoms with Crippen LogP contribution in [-0.4, -0.2) is 25.3 Å². The third-order valence-electron chi connectivity index (χ3n) is 4.89. The molecule has 0 spiro atoms. The Morgan fingerprint density at radius 1 is 1.25 bits per heavy atom. The van der Waals surface area contributed by atoms with Crippen molar-refractivity contribution in [1.29, 1.82) is 0 Å². The molecule has 2 rings (SSSR count). The van der Waals surface area contributed by atoms with Crippen LogP contribution in [-0.2, 0) is 10.2 Å². The molecule has 2 heteroatoms. The van der Waals surface area contributed by atoms with Crippen LogP contribution in [0.25, 0.3) is 0 Å². The van der Waals surface area contributed by atoms with Gasteiger partial charge in [-0.2, -0.15) is 0 Å². The molecule has 0 bridgehead atoms. The maximum Gasteiger partial charge on any atom is 0.0655 e. The summed E-state index contributed by atoms with van der Waals surface area (Å²) in [6.07, 6.45) is 1.54. The van der Waals surface area contributed by atoms with Gasteiger partial charge in [0.1, 0.15) is 0 Å². The molecule has 112 valence electrons. The molecule has 2 unspecified atom stereocenters. The van der Waals surface area contributed by atoms with E-state index in [0.29, 0.717) is 12.1 Å². The van der Waals surface area contributed by atoms with E-state index in [9.17, 15) is 0 Å². The topological polar surface area (TPSA) is 21.3 Å². The fourth-order valence-corrected chi connectivity index (χ4v) is 3.09. The van der Waals surface area contributed by atoms with E-state index < -0.39 is 0 Å². The standard InChI is InChI=1S/C18H29NO/c1-6-20-16-12-15(18(16,4)5)19-13-17(2,3)14-10-8-7-9-11-14/h7-11,15-16,19H,6,12-13H2,1-5H3. The van der Waals surface area contributed by atoms with Crippen molar-refractivity contribution in [2.24, 2.45) is 5.41 Å². The van der Waals surface area contributed by atoms with Gasteiger partial charge in [-0.25, -0.2) is 0 Å². The van der Waals surface area contributed by atoms with E-state index in [-0.39, 0.29) is 10.8 Å². The molecule has 1 aliphatic rings. The molecule has 1 aliphatic carbocycles. The lowest BCUT2D eigenvalue weighted by atomic mass is 9.64. The Bertz CT molecular complexity index is 424. The van der Waals surface area contributed by atoms with Gasteiger partial charge in [0.25, 0.3) is 0 Å². The number of hydrogen-bond acceptors (Lipinski definition) is 2. The second-order valence-electron chi connectivity index (χ2n) is 7.18. The van der Waals surface area contributed by atoms with Crippen molar-refractivity contribution in [2.45, 2.75) is 58.6 Å². The Labute approximate surface area is 123 Å². The number of benzene rings is 1. The lowest BCUT2D eigenvalue weighted by Gasteiger charge is -2.52. The van der Waals surface area contributed by atoms with E-state index in [1.165, 1.54) is 5.56 Å². The lowest BCUT2D eigenvalue weighted by Crippen LogP contribution is -2.62. The summed E-state index contributed by atoms with van der Waals surface area (Å²) in [5, 5.41) is 3.76. The highest BCUT2D eigenvalue weighted by Crippen LogP contribution is 2.43. The Hall–Kier alpha value is -0.860. The molecule has 1 aromatic rings. The Morgan fingerprint density at radius 3 is 2.45 bits per heavy atom. The molecular weight excluding hydrogens is 246 g/mol. The fourth-order valence-electron chi connectivity index (χ4n) is 3.09. The van der Waals surface area contributed by atoms with Crippen LogP contribution in [0.4, 0.5) is 0 Å². The van der Waals surface area contributed by atoms with Gasteiger partial charge in [-0.1, -0.05) is 58.0 Å². The van der Waals surface area contributed by atoms with Gasteiger partial charge in [0, 0.05) is 30.0 Å². The molecular formula is C18H29NO. The molecule has 1 fully saturated rings. The molecule has 0 aromatic heterocycles. The van der Waals surface area contributed by atoms with Crippen LogP contribution in [0, 0.1) is 5.41 Å². The van der Waals surface area contributed by atoms with E-state index >= 15 is 0 Å². The Balaban J connectivity index is 1.90. The molecule has 0 saturated heterocycles. The molecule has 0 aliphatic heterocycles. The molecule has 2 nitrogen and oxygen atoms in total. The summed E-state index contributed by atoms with van der Waals surface area (Å²) in [4.78, 5) is 0. The van der Waals surface area contributed by atoms with Crippen LogP contribution in [0.3, 0.4) is 0 Å². The third kappa shape index (κ3) is 3.07. The summed E-state index contributed by atoms with van der Waals surface area (Å²) in [6.45, 7) is 13.1. The summed E-state index contributed by atoms with van der Waals surface area (Å²) in [7, 11) is 0. The van der Waals surface area contributed by atoms with Gasteiger partial charge in [-0.15, -0.1) is 0 Å². The zero-order valence-corrected chi connectivity index (χ0v) is 13.6. The number of nitrogens with one attached hydrogen (secondary N) is 1. The average Bonchev–Trinajstić information content (AvgIpc) is 2.43.